The number of aryl methyl sites for hydroxylation is 2. The molecule has 0 radical (unpaired) electrons. The Kier molecular flexibility index (Phi) is 3.22. The van der Waals surface area contributed by atoms with Crippen molar-refractivity contribution in [1.29, 1.82) is 0 Å². The number of nitrogens with zero attached hydrogens (tertiary/aromatic N) is 1. The summed E-state index contributed by atoms with van der Waals surface area (Å²) in [4.78, 5) is 0. The van der Waals surface area contributed by atoms with E-state index in [0.29, 0.717) is 16.9 Å². The summed E-state index contributed by atoms with van der Waals surface area (Å²) in [5.41, 5.74) is 9.70. The highest BCUT2D eigenvalue weighted by molar-refractivity contribution is 5.88. The van der Waals surface area contributed by atoms with E-state index in [1.54, 1.807) is 6.07 Å². The molecule has 2 N–H and O–H groups in total. The van der Waals surface area contributed by atoms with Gasteiger partial charge in [0, 0.05) is 0 Å². The lowest BCUT2D eigenvalue weighted by Crippen LogP contribution is -1.92. The first-order valence-electron chi connectivity index (χ1n) is 6.65. The second kappa shape index (κ2) is 5.05. The summed E-state index contributed by atoms with van der Waals surface area (Å²) in [5.74, 6) is 0.277. The third kappa shape index (κ3) is 2.29. The van der Waals surface area contributed by atoms with Crippen LogP contribution >= 0.6 is 0 Å². The van der Waals surface area contributed by atoms with Crippen LogP contribution in [-0.4, -0.2) is 5.16 Å². The van der Waals surface area contributed by atoms with Crippen LogP contribution in [0, 0.1) is 19.7 Å². The van der Waals surface area contributed by atoms with E-state index in [1.165, 1.54) is 6.07 Å². The van der Waals surface area contributed by atoms with E-state index >= 15 is 0 Å². The number of hydrogen-bond donors (Lipinski definition) is 1. The second-order valence-electron chi connectivity index (χ2n) is 5.07. The summed E-state index contributed by atoms with van der Waals surface area (Å²) in [6.45, 7) is 3.81. The number of nitrogens with two attached hydrogens (primary N) is 1. The predicted octanol–water partition coefficient (Wildman–Crippen LogP) is 4.35. The van der Waals surface area contributed by atoms with Crippen LogP contribution in [0.15, 0.2) is 47.0 Å². The van der Waals surface area contributed by atoms with Gasteiger partial charge in [0.15, 0.2) is 11.6 Å². The van der Waals surface area contributed by atoms with Crippen LogP contribution in [0.2, 0.25) is 0 Å². The van der Waals surface area contributed by atoms with E-state index < -0.39 is 0 Å². The molecule has 106 valence electrons. The highest BCUT2D eigenvalue weighted by Gasteiger charge is 2.21. The SMILES string of the molecule is Cc1ccc(-c2onc(N)c2-c2ccccc2C)c(F)c1. The van der Waals surface area contributed by atoms with Crippen molar-refractivity contribution in [2.24, 2.45) is 0 Å². The molecular weight excluding hydrogens is 267 g/mol. The van der Waals surface area contributed by atoms with Crippen molar-refractivity contribution in [3.8, 4) is 22.5 Å². The zero-order valence-electron chi connectivity index (χ0n) is 11.9. The zero-order valence-corrected chi connectivity index (χ0v) is 11.9. The van der Waals surface area contributed by atoms with Gasteiger partial charge in [-0.25, -0.2) is 4.39 Å². The summed E-state index contributed by atoms with van der Waals surface area (Å²) in [6.07, 6.45) is 0. The van der Waals surface area contributed by atoms with E-state index in [0.717, 1.165) is 16.7 Å². The monoisotopic (exact) mass is 282 g/mol. The summed E-state index contributed by atoms with van der Waals surface area (Å²) >= 11 is 0. The van der Waals surface area contributed by atoms with Gasteiger partial charge in [-0.2, -0.15) is 0 Å². The van der Waals surface area contributed by atoms with E-state index in [1.807, 2.05) is 44.2 Å². The molecule has 0 fully saturated rings. The molecule has 1 heterocycles. The molecule has 3 rings (SSSR count). The van der Waals surface area contributed by atoms with Crippen LogP contribution in [0.1, 0.15) is 11.1 Å². The number of aromatic nitrogens is 1. The Morgan fingerprint density at radius 2 is 1.81 bits per heavy atom. The van der Waals surface area contributed by atoms with E-state index in [2.05, 4.69) is 5.16 Å². The van der Waals surface area contributed by atoms with Crippen LogP contribution in [0.3, 0.4) is 0 Å². The average molecular weight is 282 g/mol. The van der Waals surface area contributed by atoms with Gasteiger partial charge in [0.05, 0.1) is 11.1 Å². The Bertz CT molecular complexity index is 808. The molecule has 0 spiro atoms. The molecule has 0 aliphatic carbocycles. The third-order valence-corrected chi connectivity index (χ3v) is 3.50. The smallest absolute Gasteiger partial charge is 0.179 e. The molecule has 4 heteroatoms. The lowest BCUT2D eigenvalue weighted by atomic mass is 9.97. The Hall–Kier alpha value is -2.62. The number of anilines is 1. The lowest BCUT2D eigenvalue weighted by molar-refractivity contribution is 0.433. The number of benzene rings is 2. The van der Waals surface area contributed by atoms with Crippen LogP contribution in [0.25, 0.3) is 22.5 Å². The Morgan fingerprint density at radius 3 is 2.52 bits per heavy atom. The lowest BCUT2D eigenvalue weighted by Gasteiger charge is -2.07. The molecule has 3 nitrogen and oxygen atoms in total. The third-order valence-electron chi connectivity index (χ3n) is 3.50. The maximum Gasteiger partial charge on any atom is 0.179 e. The van der Waals surface area contributed by atoms with E-state index in [4.69, 9.17) is 10.3 Å². The molecule has 21 heavy (non-hydrogen) atoms. The molecular formula is C17H15FN2O. The summed E-state index contributed by atoms with van der Waals surface area (Å²) in [5, 5.41) is 3.81. The first kappa shape index (κ1) is 13.4. The molecule has 3 aromatic rings. The molecule has 0 aliphatic rings. The first-order chi connectivity index (χ1) is 10.1. The quantitative estimate of drug-likeness (QED) is 0.760. The van der Waals surface area contributed by atoms with Gasteiger partial charge < -0.3 is 10.3 Å². The fourth-order valence-corrected chi connectivity index (χ4v) is 2.40. The fourth-order valence-electron chi connectivity index (χ4n) is 2.40. The van der Waals surface area contributed by atoms with E-state index in [-0.39, 0.29) is 11.6 Å². The zero-order chi connectivity index (χ0) is 15.0. The molecule has 0 saturated carbocycles. The number of hydrogen-bond acceptors (Lipinski definition) is 3. The number of nitrogen functional groups attached to an aromatic ring is 1. The van der Waals surface area contributed by atoms with Crippen molar-refractivity contribution < 1.29 is 8.91 Å². The summed E-state index contributed by atoms with van der Waals surface area (Å²) in [6, 6.07) is 12.7. The average Bonchev–Trinajstić information content (AvgIpc) is 2.81. The topological polar surface area (TPSA) is 52.0 Å². The minimum atomic E-state index is -0.346. The molecule has 2 aromatic carbocycles. The Labute approximate surface area is 122 Å². The van der Waals surface area contributed by atoms with Gasteiger partial charge in [0.1, 0.15) is 5.82 Å². The highest BCUT2D eigenvalue weighted by atomic mass is 19.1. The van der Waals surface area contributed by atoms with E-state index in [9.17, 15) is 4.39 Å². The second-order valence-corrected chi connectivity index (χ2v) is 5.07. The summed E-state index contributed by atoms with van der Waals surface area (Å²) < 4.78 is 19.5. The molecule has 0 bridgehead atoms. The molecule has 0 aliphatic heterocycles. The van der Waals surface area contributed by atoms with Gasteiger partial charge >= 0.3 is 0 Å². The highest BCUT2D eigenvalue weighted by Crippen LogP contribution is 2.38. The minimum absolute atomic E-state index is 0.263. The summed E-state index contributed by atoms with van der Waals surface area (Å²) in [7, 11) is 0. The van der Waals surface area contributed by atoms with Crippen LogP contribution in [0.4, 0.5) is 10.2 Å². The van der Waals surface area contributed by atoms with Gasteiger partial charge in [0.25, 0.3) is 0 Å². The Balaban J connectivity index is 2.25. The van der Waals surface area contributed by atoms with Gasteiger partial charge in [-0.3, -0.25) is 0 Å². The van der Waals surface area contributed by atoms with Crippen molar-refractivity contribution in [2.45, 2.75) is 13.8 Å². The normalized spacial score (nSPS) is 10.8. The van der Waals surface area contributed by atoms with Crippen molar-refractivity contribution >= 4 is 5.82 Å². The Morgan fingerprint density at radius 1 is 1.05 bits per heavy atom. The largest absolute Gasteiger partial charge is 0.380 e. The minimum Gasteiger partial charge on any atom is -0.380 e. The van der Waals surface area contributed by atoms with Crippen molar-refractivity contribution in [3.05, 3.63) is 59.4 Å². The molecule has 0 unspecified atom stereocenters. The molecule has 1 aromatic heterocycles. The van der Waals surface area contributed by atoms with Gasteiger partial charge in [0.2, 0.25) is 0 Å². The van der Waals surface area contributed by atoms with Crippen LogP contribution in [-0.2, 0) is 0 Å². The van der Waals surface area contributed by atoms with Crippen LogP contribution in [0.5, 0.6) is 0 Å². The maximum absolute atomic E-state index is 14.2. The predicted molar refractivity (Wildman–Crippen MR) is 81.2 cm³/mol. The standard InChI is InChI=1S/C17H15FN2O/c1-10-7-8-13(14(18)9-10)16-15(17(19)20-21-16)12-6-4-3-5-11(12)2/h3-9H,1-2H3,(H2,19,20). The number of rotatable bonds is 2. The van der Waals surface area contributed by atoms with Crippen molar-refractivity contribution in [1.82, 2.24) is 5.16 Å². The van der Waals surface area contributed by atoms with Crippen molar-refractivity contribution in [2.75, 3.05) is 5.73 Å². The van der Waals surface area contributed by atoms with Gasteiger partial charge in [-0.1, -0.05) is 35.5 Å². The number of halogens is 1. The molecule has 0 atom stereocenters. The first-order valence-corrected chi connectivity index (χ1v) is 6.65. The van der Waals surface area contributed by atoms with Gasteiger partial charge in [-0.05, 0) is 42.7 Å². The van der Waals surface area contributed by atoms with Gasteiger partial charge in [-0.15, -0.1) is 0 Å². The molecule has 0 saturated heterocycles. The van der Waals surface area contributed by atoms with Crippen LogP contribution < -0.4 is 5.73 Å². The van der Waals surface area contributed by atoms with Crippen molar-refractivity contribution in [3.63, 3.8) is 0 Å². The molecule has 0 amide bonds. The maximum atomic E-state index is 14.2. The fraction of sp³-hybridized carbons (Fsp3) is 0.118.